The number of nitrogens with zero attached hydrogens (tertiary/aromatic N) is 1. The van der Waals surface area contributed by atoms with E-state index in [1.165, 1.54) is 0 Å². The van der Waals surface area contributed by atoms with Gasteiger partial charge in [-0.25, -0.2) is 0 Å². The van der Waals surface area contributed by atoms with E-state index >= 15 is 0 Å². The molecule has 2 rings (SSSR count). The van der Waals surface area contributed by atoms with Gasteiger partial charge in [-0.15, -0.1) is 0 Å². The van der Waals surface area contributed by atoms with Crippen LogP contribution in [0.1, 0.15) is 22.6 Å². The maximum atomic E-state index is 12.2. The van der Waals surface area contributed by atoms with Crippen molar-refractivity contribution in [1.82, 2.24) is 10.5 Å². The lowest BCUT2D eigenvalue weighted by Crippen LogP contribution is -2.25. The fourth-order valence-electron chi connectivity index (χ4n) is 2.42. The van der Waals surface area contributed by atoms with E-state index in [1.54, 1.807) is 40.4 Å². The SMILES string of the molecule is COc1cc(CNC(=O)Cc2c(C)noc2C)cc(OC)c1OC. The van der Waals surface area contributed by atoms with Crippen molar-refractivity contribution in [1.29, 1.82) is 0 Å². The average molecular weight is 334 g/mol. The summed E-state index contributed by atoms with van der Waals surface area (Å²) in [7, 11) is 4.65. The van der Waals surface area contributed by atoms with Crippen molar-refractivity contribution in [2.24, 2.45) is 0 Å². The Balaban J connectivity index is 2.07. The molecule has 0 aliphatic carbocycles. The number of methoxy groups -OCH3 is 3. The molecule has 1 amide bonds. The van der Waals surface area contributed by atoms with E-state index in [9.17, 15) is 4.79 Å². The van der Waals surface area contributed by atoms with Gasteiger partial charge in [-0.2, -0.15) is 0 Å². The second-order valence-electron chi connectivity index (χ2n) is 5.29. The molecule has 130 valence electrons. The summed E-state index contributed by atoms with van der Waals surface area (Å²) in [6.45, 7) is 3.96. The number of ether oxygens (including phenoxy) is 3. The lowest BCUT2D eigenvalue weighted by molar-refractivity contribution is -0.120. The highest BCUT2D eigenvalue weighted by atomic mass is 16.5. The Hall–Kier alpha value is -2.70. The molecule has 0 radical (unpaired) electrons. The molecule has 0 aliphatic heterocycles. The summed E-state index contributed by atoms with van der Waals surface area (Å²) in [5.74, 6) is 2.16. The van der Waals surface area contributed by atoms with E-state index in [-0.39, 0.29) is 12.3 Å². The minimum absolute atomic E-state index is 0.113. The maximum absolute atomic E-state index is 12.2. The topological polar surface area (TPSA) is 82.8 Å². The fourth-order valence-corrected chi connectivity index (χ4v) is 2.42. The first kappa shape index (κ1) is 17.7. The molecule has 7 nitrogen and oxygen atoms in total. The number of carbonyl (C=O) groups excluding carboxylic acids is 1. The van der Waals surface area contributed by atoms with E-state index in [0.717, 1.165) is 16.8 Å². The number of hydrogen-bond acceptors (Lipinski definition) is 6. The third-order valence-corrected chi connectivity index (χ3v) is 3.73. The van der Waals surface area contributed by atoms with Crippen LogP contribution in [-0.2, 0) is 17.8 Å². The number of aryl methyl sites for hydroxylation is 2. The molecule has 1 N–H and O–H groups in total. The molecule has 0 spiro atoms. The first-order valence-electron chi connectivity index (χ1n) is 7.47. The minimum atomic E-state index is -0.113. The molecule has 1 aromatic heterocycles. The highest BCUT2D eigenvalue weighted by molar-refractivity contribution is 5.79. The second kappa shape index (κ2) is 7.72. The van der Waals surface area contributed by atoms with Crippen LogP contribution in [0.25, 0.3) is 0 Å². The van der Waals surface area contributed by atoms with E-state index < -0.39 is 0 Å². The van der Waals surface area contributed by atoms with E-state index in [1.807, 2.05) is 6.92 Å². The average Bonchev–Trinajstić information content (AvgIpc) is 2.90. The smallest absolute Gasteiger partial charge is 0.224 e. The number of carbonyl (C=O) groups is 1. The third-order valence-electron chi connectivity index (χ3n) is 3.73. The predicted octanol–water partition coefficient (Wildman–Crippen LogP) is 2.18. The lowest BCUT2D eigenvalue weighted by atomic mass is 10.1. The van der Waals surface area contributed by atoms with Gasteiger partial charge in [0.1, 0.15) is 5.76 Å². The zero-order valence-electron chi connectivity index (χ0n) is 14.6. The Morgan fingerprint density at radius 3 is 2.21 bits per heavy atom. The molecule has 0 saturated heterocycles. The first-order valence-corrected chi connectivity index (χ1v) is 7.47. The molecule has 0 bridgehead atoms. The van der Waals surface area contributed by atoms with Crippen LogP contribution >= 0.6 is 0 Å². The van der Waals surface area contributed by atoms with Crippen LogP contribution in [0, 0.1) is 13.8 Å². The molecule has 0 unspecified atom stereocenters. The van der Waals surface area contributed by atoms with Gasteiger partial charge in [0, 0.05) is 12.1 Å². The second-order valence-corrected chi connectivity index (χ2v) is 5.29. The summed E-state index contributed by atoms with van der Waals surface area (Å²) in [6.07, 6.45) is 0.228. The normalized spacial score (nSPS) is 10.4. The molecule has 0 saturated carbocycles. The predicted molar refractivity (Wildman–Crippen MR) is 87.6 cm³/mol. The molecule has 0 fully saturated rings. The highest BCUT2D eigenvalue weighted by Gasteiger charge is 2.15. The summed E-state index contributed by atoms with van der Waals surface area (Å²) >= 11 is 0. The summed E-state index contributed by atoms with van der Waals surface area (Å²) in [4.78, 5) is 12.2. The first-order chi connectivity index (χ1) is 11.5. The van der Waals surface area contributed by atoms with Gasteiger partial charge >= 0.3 is 0 Å². The number of nitrogens with one attached hydrogen (secondary N) is 1. The molecule has 1 heterocycles. The van der Waals surface area contributed by atoms with E-state index in [0.29, 0.717) is 29.6 Å². The Labute approximate surface area is 140 Å². The van der Waals surface area contributed by atoms with Crippen LogP contribution < -0.4 is 19.5 Å². The van der Waals surface area contributed by atoms with Crippen LogP contribution in [0.4, 0.5) is 0 Å². The Morgan fingerprint density at radius 2 is 1.75 bits per heavy atom. The highest BCUT2D eigenvalue weighted by Crippen LogP contribution is 2.38. The summed E-state index contributed by atoms with van der Waals surface area (Å²) in [6, 6.07) is 3.61. The third kappa shape index (κ3) is 3.79. The maximum Gasteiger partial charge on any atom is 0.224 e. The van der Waals surface area contributed by atoms with Crippen LogP contribution in [0.15, 0.2) is 16.7 Å². The van der Waals surface area contributed by atoms with Gasteiger partial charge in [0.25, 0.3) is 0 Å². The molecule has 1 aromatic carbocycles. The van der Waals surface area contributed by atoms with Crippen molar-refractivity contribution in [3.63, 3.8) is 0 Å². The van der Waals surface area contributed by atoms with Gasteiger partial charge in [-0.1, -0.05) is 5.16 Å². The minimum Gasteiger partial charge on any atom is -0.493 e. The van der Waals surface area contributed by atoms with Crippen molar-refractivity contribution >= 4 is 5.91 Å². The number of aromatic nitrogens is 1. The van der Waals surface area contributed by atoms with Crippen LogP contribution in [0.3, 0.4) is 0 Å². The largest absolute Gasteiger partial charge is 0.493 e. The summed E-state index contributed by atoms with van der Waals surface area (Å²) in [5.41, 5.74) is 2.39. The number of amides is 1. The molecule has 7 heteroatoms. The fraction of sp³-hybridized carbons (Fsp3) is 0.412. The van der Waals surface area contributed by atoms with Crippen molar-refractivity contribution in [2.45, 2.75) is 26.8 Å². The number of benzene rings is 1. The van der Waals surface area contributed by atoms with Gasteiger partial charge in [-0.05, 0) is 31.5 Å². The Morgan fingerprint density at radius 1 is 1.12 bits per heavy atom. The van der Waals surface area contributed by atoms with Crippen molar-refractivity contribution in [3.8, 4) is 17.2 Å². The molecular formula is C17H22N2O5. The Bertz CT molecular complexity index is 679. The summed E-state index contributed by atoms with van der Waals surface area (Å²) in [5, 5.41) is 6.72. The number of rotatable bonds is 7. The molecule has 24 heavy (non-hydrogen) atoms. The van der Waals surface area contributed by atoms with Crippen LogP contribution in [0.2, 0.25) is 0 Å². The van der Waals surface area contributed by atoms with E-state index in [4.69, 9.17) is 18.7 Å². The Kier molecular flexibility index (Phi) is 5.68. The van der Waals surface area contributed by atoms with E-state index in [2.05, 4.69) is 10.5 Å². The van der Waals surface area contributed by atoms with Crippen molar-refractivity contribution < 1.29 is 23.5 Å². The molecule has 0 aliphatic rings. The standard InChI is InChI=1S/C17H22N2O5/c1-10-13(11(2)24-19-10)8-16(20)18-9-12-6-14(21-3)17(23-5)15(7-12)22-4/h6-7H,8-9H2,1-5H3,(H,18,20). The quantitative estimate of drug-likeness (QED) is 0.835. The summed E-state index contributed by atoms with van der Waals surface area (Å²) < 4.78 is 21.0. The van der Waals surface area contributed by atoms with Crippen LogP contribution in [0.5, 0.6) is 17.2 Å². The van der Waals surface area contributed by atoms with Gasteiger partial charge in [0.15, 0.2) is 11.5 Å². The monoisotopic (exact) mass is 334 g/mol. The zero-order valence-corrected chi connectivity index (χ0v) is 14.6. The van der Waals surface area contributed by atoms with Gasteiger partial charge in [0.2, 0.25) is 11.7 Å². The van der Waals surface area contributed by atoms with Gasteiger partial charge in [-0.3, -0.25) is 4.79 Å². The van der Waals surface area contributed by atoms with Gasteiger partial charge < -0.3 is 24.1 Å². The van der Waals surface area contributed by atoms with Gasteiger partial charge in [0.05, 0.1) is 33.4 Å². The van der Waals surface area contributed by atoms with Crippen molar-refractivity contribution in [2.75, 3.05) is 21.3 Å². The molecular weight excluding hydrogens is 312 g/mol. The van der Waals surface area contributed by atoms with Crippen molar-refractivity contribution in [3.05, 3.63) is 34.7 Å². The zero-order chi connectivity index (χ0) is 17.7. The number of hydrogen-bond donors (Lipinski definition) is 1. The lowest BCUT2D eigenvalue weighted by Gasteiger charge is -2.14. The van der Waals surface area contributed by atoms with Crippen LogP contribution in [-0.4, -0.2) is 32.4 Å². The molecule has 0 atom stereocenters. The molecule has 2 aromatic rings.